The molecule has 1 heterocycles. The zero-order valence-corrected chi connectivity index (χ0v) is 13.4. The Morgan fingerprint density at radius 3 is 2.71 bits per heavy atom. The topological polar surface area (TPSA) is 97.1 Å². The van der Waals surface area contributed by atoms with Gasteiger partial charge in [0.2, 0.25) is 5.91 Å². The van der Waals surface area contributed by atoms with E-state index in [4.69, 9.17) is 5.11 Å². The molecule has 0 bridgehead atoms. The molecule has 1 aromatic carbocycles. The molecule has 1 amide bonds. The van der Waals surface area contributed by atoms with E-state index in [9.17, 15) is 9.59 Å². The predicted octanol–water partition coefficient (Wildman–Crippen LogP) is 1.78. The zero-order valence-electron chi connectivity index (χ0n) is 11.2. The molecule has 1 aromatic heterocycles. The van der Waals surface area contributed by atoms with E-state index in [2.05, 4.69) is 38.2 Å². The van der Waals surface area contributed by atoms with E-state index in [-0.39, 0.29) is 18.1 Å². The number of para-hydroxylation sites is 1. The van der Waals surface area contributed by atoms with Crippen molar-refractivity contribution in [3.63, 3.8) is 0 Å². The maximum atomic E-state index is 12.0. The molecule has 2 N–H and O–H groups in total. The van der Waals surface area contributed by atoms with Gasteiger partial charge in [0, 0.05) is 3.57 Å². The summed E-state index contributed by atoms with van der Waals surface area (Å²) in [5.41, 5.74) is 1.03. The fourth-order valence-corrected chi connectivity index (χ4v) is 2.39. The summed E-state index contributed by atoms with van der Waals surface area (Å²) in [6.07, 6.45) is 0.435. The molecular formula is C13H13IN4O3. The molecule has 0 saturated carbocycles. The van der Waals surface area contributed by atoms with Crippen molar-refractivity contribution in [1.82, 2.24) is 15.0 Å². The van der Waals surface area contributed by atoms with Crippen molar-refractivity contribution in [3.05, 3.63) is 39.2 Å². The molecule has 21 heavy (non-hydrogen) atoms. The molecule has 0 aliphatic heterocycles. The number of rotatable bonds is 5. The van der Waals surface area contributed by atoms with Gasteiger partial charge in [0.15, 0.2) is 5.69 Å². The summed E-state index contributed by atoms with van der Waals surface area (Å²) in [7, 11) is 0. The summed E-state index contributed by atoms with van der Waals surface area (Å²) in [5.74, 6) is -1.42. The van der Waals surface area contributed by atoms with Crippen LogP contribution in [-0.4, -0.2) is 32.0 Å². The lowest BCUT2D eigenvalue weighted by molar-refractivity contribution is -0.117. The number of aromatic carboxylic acids is 1. The molecule has 0 fully saturated rings. The zero-order chi connectivity index (χ0) is 15.4. The fraction of sp³-hybridized carbons (Fsp3) is 0.231. The Labute approximate surface area is 134 Å². The number of amides is 1. The Kier molecular flexibility index (Phi) is 4.89. The highest BCUT2D eigenvalue weighted by Gasteiger charge is 2.19. The van der Waals surface area contributed by atoms with E-state index in [0.29, 0.717) is 17.8 Å². The van der Waals surface area contributed by atoms with Crippen molar-refractivity contribution in [2.24, 2.45) is 0 Å². The van der Waals surface area contributed by atoms with Gasteiger partial charge in [-0.1, -0.05) is 24.3 Å². The number of carboxylic acids is 1. The molecule has 0 radical (unpaired) electrons. The van der Waals surface area contributed by atoms with Crippen LogP contribution in [0.25, 0.3) is 0 Å². The van der Waals surface area contributed by atoms with Gasteiger partial charge in [0.05, 0.1) is 11.4 Å². The van der Waals surface area contributed by atoms with Crippen LogP contribution in [0.4, 0.5) is 5.69 Å². The molecule has 0 aliphatic rings. The number of hydrogen-bond donors (Lipinski definition) is 2. The van der Waals surface area contributed by atoms with Gasteiger partial charge in [-0.25, -0.2) is 9.48 Å². The van der Waals surface area contributed by atoms with Crippen LogP contribution in [0.15, 0.2) is 24.3 Å². The lowest BCUT2D eigenvalue weighted by Crippen LogP contribution is -2.21. The van der Waals surface area contributed by atoms with Crippen molar-refractivity contribution in [2.45, 2.75) is 19.9 Å². The Balaban J connectivity index is 2.13. The van der Waals surface area contributed by atoms with Gasteiger partial charge >= 0.3 is 5.97 Å². The molecule has 0 aliphatic carbocycles. The van der Waals surface area contributed by atoms with E-state index in [0.717, 1.165) is 3.57 Å². The number of carbonyl (C=O) groups is 2. The van der Waals surface area contributed by atoms with E-state index < -0.39 is 5.97 Å². The maximum absolute atomic E-state index is 12.0. The highest BCUT2D eigenvalue weighted by atomic mass is 127. The molecule has 110 valence electrons. The molecule has 0 saturated heterocycles. The average Bonchev–Trinajstić information content (AvgIpc) is 2.84. The molecule has 0 atom stereocenters. The number of halogens is 1. The van der Waals surface area contributed by atoms with E-state index in [1.165, 1.54) is 4.68 Å². The van der Waals surface area contributed by atoms with Crippen LogP contribution in [0, 0.1) is 3.57 Å². The molecular weight excluding hydrogens is 387 g/mol. The number of anilines is 1. The van der Waals surface area contributed by atoms with Crippen LogP contribution in [-0.2, 0) is 17.8 Å². The van der Waals surface area contributed by atoms with Gasteiger partial charge in [-0.05, 0) is 41.1 Å². The lowest BCUT2D eigenvalue weighted by Gasteiger charge is -2.08. The first-order chi connectivity index (χ1) is 10.0. The summed E-state index contributed by atoms with van der Waals surface area (Å²) in [6, 6.07) is 7.38. The monoisotopic (exact) mass is 400 g/mol. The van der Waals surface area contributed by atoms with Crippen LogP contribution in [0.5, 0.6) is 0 Å². The Morgan fingerprint density at radius 2 is 2.10 bits per heavy atom. The standard InChI is InChI=1S/C13H13IN4O3/c1-2-10-12(13(20)21)16-17-18(10)7-11(19)15-9-6-4-3-5-8(9)14/h3-6H,2,7H2,1H3,(H,15,19)(H,20,21). The molecule has 0 spiro atoms. The molecule has 0 unspecified atom stereocenters. The average molecular weight is 400 g/mol. The van der Waals surface area contributed by atoms with Crippen molar-refractivity contribution >= 4 is 40.2 Å². The van der Waals surface area contributed by atoms with Crippen molar-refractivity contribution in [2.75, 3.05) is 5.32 Å². The van der Waals surface area contributed by atoms with Crippen LogP contribution in [0.2, 0.25) is 0 Å². The minimum Gasteiger partial charge on any atom is -0.476 e. The largest absolute Gasteiger partial charge is 0.476 e. The summed E-state index contributed by atoms with van der Waals surface area (Å²) < 4.78 is 2.23. The number of nitrogens with zero attached hydrogens (tertiary/aromatic N) is 3. The second-order valence-corrected chi connectivity index (χ2v) is 5.39. The predicted molar refractivity (Wildman–Crippen MR) is 84.1 cm³/mol. The number of nitrogens with one attached hydrogen (secondary N) is 1. The fourth-order valence-electron chi connectivity index (χ4n) is 1.86. The summed E-state index contributed by atoms with van der Waals surface area (Å²) >= 11 is 2.12. The highest BCUT2D eigenvalue weighted by molar-refractivity contribution is 14.1. The van der Waals surface area contributed by atoms with Crippen LogP contribution >= 0.6 is 22.6 Å². The smallest absolute Gasteiger partial charge is 0.358 e. The van der Waals surface area contributed by atoms with Gasteiger partial charge < -0.3 is 10.4 Å². The van der Waals surface area contributed by atoms with Gasteiger partial charge in [0.1, 0.15) is 6.54 Å². The molecule has 7 nitrogen and oxygen atoms in total. The first-order valence-corrected chi connectivity index (χ1v) is 7.30. The highest BCUT2D eigenvalue weighted by Crippen LogP contribution is 2.17. The lowest BCUT2D eigenvalue weighted by atomic mass is 10.2. The second-order valence-electron chi connectivity index (χ2n) is 4.23. The minimum absolute atomic E-state index is 0.0750. The Morgan fingerprint density at radius 1 is 1.38 bits per heavy atom. The number of carbonyl (C=O) groups excluding carboxylic acids is 1. The van der Waals surface area contributed by atoms with Crippen LogP contribution < -0.4 is 5.32 Å². The summed E-state index contributed by atoms with van der Waals surface area (Å²) in [4.78, 5) is 23.0. The third kappa shape index (κ3) is 3.57. The number of hydrogen-bond acceptors (Lipinski definition) is 4. The van der Waals surface area contributed by atoms with Crippen molar-refractivity contribution in [3.8, 4) is 0 Å². The Bertz CT molecular complexity index is 684. The van der Waals surface area contributed by atoms with Crippen LogP contribution in [0.1, 0.15) is 23.1 Å². The SMILES string of the molecule is CCc1c(C(=O)O)nnn1CC(=O)Nc1ccccc1I. The molecule has 8 heteroatoms. The van der Waals surface area contributed by atoms with Crippen molar-refractivity contribution in [1.29, 1.82) is 0 Å². The molecule has 2 rings (SSSR count). The van der Waals surface area contributed by atoms with Crippen LogP contribution in [0.3, 0.4) is 0 Å². The maximum Gasteiger partial charge on any atom is 0.358 e. The quantitative estimate of drug-likeness (QED) is 0.746. The van der Waals surface area contributed by atoms with Gasteiger partial charge in [-0.15, -0.1) is 5.10 Å². The van der Waals surface area contributed by atoms with Gasteiger partial charge in [-0.2, -0.15) is 0 Å². The minimum atomic E-state index is -1.14. The third-order valence-electron chi connectivity index (χ3n) is 2.82. The Hall–Kier alpha value is -1.97. The number of carboxylic acid groups (broad SMARTS) is 1. The number of benzene rings is 1. The molecule has 2 aromatic rings. The van der Waals surface area contributed by atoms with Crippen molar-refractivity contribution < 1.29 is 14.7 Å². The van der Waals surface area contributed by atoms with E-state index in [1.54, 1.807) is 13.0 Å². The first-order valence-electron chi connectivity index (χ1n) is 6.23. The second kappa shape index (κ2) is 6.66. The number of aromatic nitrogens is 3. The normalized spacial score (nSPS) is 10.4. The summed E-state index contributed by atoms with van der Waals surface area (Å²) in [5, 5.41) is 19.1. The van der Waals surface area contributed by atoms with Gasteiger partial charge in [0.25, 0.3) is 0 Å². The van der Waals surface area contributed by atoms with Gasteiger partial charge in [-0.3, -0.25) is 4.79 Å². The van der Waals surface area contributed by atoms with E-state index in [1.807, 2.05) is 18.2 Å². The third-order valence-corrected chi connectivity index (χ3v) is 3.76. The summed E-state index contributed by atoms with van der Waals surface area (Å²) in [6.45, 7) is 1.72. The first kappa shape index (κ1) is 15.4. The van der Waals surface area contributed by atoms with E-state index >= 15 is 0 Å².